The summed E-state index contributed by atoms with van der Waals surface area (Å²) < 4.78 is 187. The first kappa shape index (κ1) is 42.8. The summed E-state index contributed by atoms with van der Waals surface area (Å²) in [4.78, 5) is 0. The highest BCUT2D eigenvalue weighted by molar-refractivity contribution is 5.10. The molecule has 2 aliphatic rings. The molecule has 2 fully saturated rings. The Morgan fingerprint density at radius 1 is 0.583 bits per heavy atom. The van der Waals surface area contributed by atoms with Crippen LogP contribution in [0.2, 0.25) is 0 Å². The maximum Gasteiger partial charge on any atom is 0.460 e. The highest BCUT2D eigenvalue weighted by atomic mass is 19.4. The number of ether oxygens (including phenoxy) is 3. The van der Waals surface area contributed by atoms with E-state index in [1.807, 2.05) is 0 Å². The zero-order chi connectivity index (χ0) is 37.4. The number of halogens is 13. The molecule has 24 heteroatoms. The second-order valence-electron chi connectivity index (χ2n) is 11.3. The van der Waals surface area contributed by atoms with E-state index in [1.54, 1.807) is 0 Å². The molecule has 2 heterocycles. The van der Waals surface area contributed by atoms with Crippen LogP contribution in [0, 0.1) is 0 Å². The first-order valence-electron chi connectivity index (χ1n) is 13.9. The smallest absolute Gasteiger partial charge is 0.394 e. The van der Waals surface area contributed by atoms with E-state index < -0.39 is 136 Å². The lowest BCUT2D eigenvalue weighted by Gasteiger charge is -2.46. The summed E-state index contributed by atoms with van der Waals surface area (Å²) in [5.74, 6) is -37.3. The van der Waals surface area contributed by atoms with Crippen molar-refractivity contribution in [3.05, 3.63) is 0 Å². The van der Waals surface area contributed by atoms with E-state index >= 15 is 0 Å². The highest BCUT2D eigenvalue weighted by Gasteiger charge is 2.90. The lowest BCUT2D eigenvalue weighted by atomic mass is 9.91. The van der Waals surface area contributed by atoms with Crippen molar-refractivity contribution in [1.29, 1.82) is 0 Å². The number of aliphatic hydroxyl groups is 8. The van der Waals surface area contributed by atoms with Gasteiger partial charge in [0.25, 0.3) is 0 Å². The van der Waals surface area contributed by atoms with Crippen LogP contribution in [0.5, 0.6) is 0 Å². The molecule has 0 amide bonds. The molecule has 2 rings (SSSR count). The van der Waals surface area contributed by atoms with Gasteiger partial charge in [-0.1, -0.05) is 19.3 Å². The molecule has 0 aromatic heterocycles. The fourth-order valence-corrected chi connectivity index (χ4v) is 4.86. The van der Waals surface area contributed by atoms with Crippen LogP contribution in [-0.2, 0) is 14.2 Å². The van der Waals surface area contributed by atoms with Gasteiger partial charge < -0.3 is 55.1 Å². The first-order valence-corrected chi connectivity index (χ1v) is 13.9. The quantitative estimate of drug-likeness (QED) is 0.0885. The van der Waals surface area contributed by atoms with E-state index in [4.69, 9.17) is 14.2 Å². The van der Waals surface area contributed by atoms with Crippen molar-refractivity contribution in [2.75, 3.05) is 6.61 Å². The topological polar surface area (TPSA) is 190 Å². The molecule has 11 atom stereocenters. The third-order valence-electron chi connectivity index (χ3n) is 7.86. The third-order valence-corrected chi connectivity index (χ3v) is 7.86. The predicted octanol–water partition coefficient (Wildman–Crippen LogP) is 1.05. The summed E-state index contributed by atoms with van der Waals surface area (Å²) in [6.07, 6.45) is -34.1. The average molecular weight is 744 g/mol. The third kappa shape index (κ3) is 7.92. The number of alkyl halides is 13. The van der Waals surface area contributed by atoms with Gasteiger partial charge in [0.2, 0.25) is 0 Å². The highest BCUT2D eigenvalue weighted by Crippen LogP contribution is 2.60. The normalized spacial score (nSPS) is 33.9. The fraction of sp³-hybridized carbons (Fsp3) is 1.00. The second-order valence-corrected chi connectivity index (χ2v) is 11.3. The van der Waals surface area contributed by atoms with Crippen LogP contribution >= 0.6 is 0 Å². The molecule has 1 unspecified atom stereocenters. The molecule has 11 nitrogen and oxygen atoms in total. The summed E-state index contributed by atoms with van der Waals surface area (Å²) in [5.41, 5.74) is 0. The maximum absolute atomic E-state index is 14.0. The molecule has 0 spiro atoms. The molecule has 48 heavy (non-hydrogen) atoms. The van der Waals surface area contributed by atoms with Gasteiger partial charge >= 0.3 is 35.8 Å². The fourth-order valence-electron chi connectivity index (χ4n) is 4.86. The SMILES string of the molecule is OC[C@H]1O[C@@H](O[C@H]2[C@H](O)[C@@H](O)[C@H](O)O[C@@H]2C(O)CCCCCCC(F)(F)C(F)(F)C(F)(F)C(F)(F)C(F)(F)C(F)(F)F)[C@H](O)[C@@H](O)[C@H]1O. The summed E-state index contributed by atoms with van der Waals surface area (Å²) in [5, 5.41) is 80.1. The number of hydrogen-bond acceptors (Lipinski definition) is 11. The molecule has 0 aromatic rings. The van der Waals surface area contributed by atoms with Crippen molar-refractivity contribution in [2.45, 2.75) is 142 Å². The number of unbranched alkanes of at least 4 members (excludes halogenated alkanes) is 3. The van der Waals surface area contributed by atoms with E-state index in [1.165, 1.54) is 0 Å². The minimum Gasteiger partial charge on any atom is -0.394 e. The molecular formula is C24H33F13O11. The van der Waals surface area contributed by atoms with Gasteiger partial charge in [-0.2, -0.15) is 57.1 Å². The zero-order valence-electron chi connectivity index (χ0n) is 24.0. The van der Waals surface area contributed by atoms with Gasteiger partial charge in [0.05, 0.1) is 12.7 Å². The molecule has 0 saturated carbocycles. The maximum atomic E-state index is 14.0. The Kier molecular flexibility index (Phi) is 13.5. The van der Waals surface area contributed by atoms with Crippen LogP contribution in [-0.4, -0.2) is 151 Å². The molecular weight excluding hydrogens is 711 g/mol. The molecule has 0 radical (unpaired) electrons. The van der Waals surface area contributed by atoms with Crippen LogP contribution in [0.25, 0.3) is 0 Å². The largest absolute Gasteiger partial charge is 0.460 e. The molecule has 2 saturated heterocycles. The minimum absolute atomic E-state index is 0.295. The van der Waals surface area contributed by atoms with Gasteiger partial charge in [-0.25, -0.2) is 0 Å². The number of rotatable bonds is 15. The monoisotopic (exact) mass is 744 g/mol. The molecule has 0 aromatic carbocycles. The molecule has 0 aliphatic carbocycles. The Hall–Kier alpha value is -1.35. The van der Waals surface area contributed by atoms with Crippen LogP contribution in [0.15, 0.2) is 0 Å². The van der Waals surface area contributed by atoms with Crippen molar-refractivity contribution in [1.82, 2.24) is 0 Å². The Labute approximate surface area is 261 Å². The first-order chi connectivity index (χ1) is 21.6. The van der Waals surface area contributed by atoms with E-state index in [-0.39, 0.29) is 12.8 Å². The van der Waals surface area contributed by atoms with Crippen LogP contribution in [0.4, 0.5) is 57.1 Å². The van der Waals surface area contributed by atoms with Crippen molar-refractivity contribution in [2.24, 2.45) is 0 Å². The van der Waals surface area contributed by atoms with Crippen molar-refractivity contribution in [3.8, 4) is 0 Å². The Balaban J connectivity index is 2.02. The van der Waals surface area contributed by atoms with E-state index in [9.17, 15) is 97.9 Å². The minimum atomic E-state index is -8.00. The van der Waals surface area contributed by atoms with E-state index in [2.05, 4.69) is 0 Å². The van der Waals surface area contributed by atoms with E-state index in [0.717, 1.165) is 0 Å². The Morgan fingerprint density at radius 3 is 1.62 bits per heavy atom. The zero-order valence-corrected chi connectivity index (χ0v) is 24.0. The van der Waals surface area contributed by atoms with Crippen molar-refractivity contribution < 1.29 is 112 Å². The van der Waals surface area contributed by atoms with Gasteiger partial charge in [-0.15, -0.1) is 0 Å². The number of hydrogen-bond donors (Lipinski definition) is 8. The van der Waals surface area contributed by atoms with Gasteiger partial charge in [-0.3, -0.25) is 0 Å². The summed E-state index contributed by atoms with van der Waals surface area (Å²) >= 11 is 0. The second kappa shape index (κ2) is 15.1. The summed E-state index contributed by atoms with van der Waals surface area (Å²) in [7, 11) is 0. The summed E-state index contributed by atoms with van der Waals surface area (Å²) in [6.45, 7) is -0.908. The average Bonchev–Trinajstić information content (AvgIpc) is 2.97. The van der Waals surface area contributed by atoms with Gasteiger partial charge in [0.15, 0.2) is 12.6 Å². The molecule has 0 bridgehead atoms. The Bertz CT molecular complexity index is 1040. The lowest BCUT2D eigenvalue weighted by molar-refractivity contribution is -0.440. The lowest BCUT2D eigenvalue weighted by Crippen LogP contribution is -2.70. The summed E-state index contributed by atoms with van der Waals surface area (Å²) in [6, 6.07) is 0. The van der Waals surface area contributed by atoms with Crippen molar-refractivity contribution in [3.63, 3.8) is 0 Å². The van der Waals surface area contributed by atoms with Crippen LogP contribution in [0.1, 0.15) is 38.5 Å². The standard InChI is InChI=1S/C24H33F13O11/c25-19(26,20(27,28)21(29,30)22(31,32)23(33,34)24(35,36)37)6-4-2-1-3-5-8(39)15-16(12(42)13(43)17(45)47-15)48-18-14(44)11(41)10(40)9(7-38)46-18/h8-18,38-45H,1-7H2/t8?,9-,10+,11+,12-,13-,14-,15-,16+,17-,18+/m1/s1. The van der Waals surface area contributed by atoms with Gasteiger partial charge in [0, 0.05) is 6.42 Å². The van der Waals surface area contributed by atoms with Gasteiger partial charge in [-0.05, 0) is 12.8 Å². The predicted molar refractivity (Wildman–Crippen MR) is 126 cm³/mol. The Morgan fingerprint density at radius 2 is 1.10 bits per heavy atom. The van der Waals surface area contributed by atoms with E-state index in [0.29, 0.717) is 0 Å². The molecule has 286 valence electrons. The molecule has 2 aliphatic heterocycles. The van der Waals surface area contributed by atoms with Crippen LogP contribution < -0.4 is 0 Å². The van der Waals surface area contributed by atoms with Crippen molar-refractivity contribution >= 4 is 0 Å². The van der Waals surface area contributed by atoms with Crippen LogP contribution in [0.3, 0.4) is 0 Å². The molecule has 8 N–H and O–H groups in total. The number of aliphatic hydroxyl groups excluding tert-OH is 8. The van der Waals surface area contributed by atoms with Gasteiger partial charge in [0.1, 0.15) is 48.8 Å².